The molecule has 0 spiro atoms. The van der Waals surface area contributed by atoms with Gasteiger partial charge in [0.25, 0.3) is 0 Å². The second-order valence-corrected chi connectivity index (χ2v) is 4.68. The highest BCUT2D eigenvalue weighted by molar-refractivity contribution is 4.93. The zero-order valence-electron chi connectivity index (χ0n) is 7.50. The quantitative estimate of drug-likeness (QED) is 0.657. The van der Waals surface area contributed by atoms with Crippen molar-refractivity contribution in [1.29, 1.82) is 0 Å². The van der Waals surface area contributed by atoms with Crippen LogP contribution in [-0.4, -0.2) is 22.4 Å². The third kappa shape index (κ3) is 2.23. The van der Waals surface area contributed by atoms with E-state index in [1.54, 1.807) is 0 Å². The predicted octanol–water partition coefficient (Wildman–Crippen LogP) is 1.95. The van der Waals surface area contributed by atoms with Gasteiger partial charge in [0.2, 0.25) is 0 Å². The van der Waals surface area contributed by atoms with Crippen LogP contribution in [0.4, 0.5) is 0 Å². The van der Waals surface area contributed by atoms with Gasteiger partial charge in [0.15, 0.2) is 0 Å². The van der Waals surface area contributed by atoms with Gasteiger partial charge in [-0.25, -0.2) is 0 Å². The summed E-state index contributed by atoms with van der Waals surface area (Å²) in [6.45, 7) is 0.263. The Balaban J connectivity index is 0.000000845. The van der Waals surface area contributed by atoms with Gasteiger partial charge in [-0.15, -0.1) is 0 Å². The molecular weight excluding hydrogens is 164 g/mol. The molecule has 2 bridgehead atoms. The molecule has 13 heavy (non-hydrogen) atoms. The van der Waals surface area contributed by atoms with Crippen molar-refractivity contribution in [2.75, 3.05) is 6.61 Å². The second-order valence-electron chi connectivity index (χ2n) is 4.68. The van der Waals surface area contributed by atoms with Crippen LogP contribution < -0.4 is 0 Å². The molecule has 0 aromatic carbocycles. The number of aliphatic hydroxyl groups excluding tert-OH is 1. The van der Waals surface area contributed by atoms with Gasteiger partial charge >= 0.3 is 0 Å². The number of hydrogen-bond acceptors (Lipinski definition) is 2. The van der Waals surface area contributed by atoms with Gasteiger partial charge in [-0.3, -0.25) is 0 Å². The summed E-state index contributed by atoms with van der Waals surface area (Å²) in [5.41, 5.74) is -0.408. The summed E-state index contributed by atoms with van der Waals surface area (Å²) in [5.74, 6) is 1.06. The molecular formula is C11H22O2. The van der Waals surface area contributed by atoms with Crippen LogP contribution in [0.5, 0.6) is 0 Å². The van der Waals surface area contributed by atoms with Gasteiger partial charge in [0.1, 0.15) is 0 Å². The van der Waals surface area contributed by atoms with Gasteiger partial charge in [-0.05, 0) is 37.5 Å². The lowest BCUT2D eigenvalue weighted by molar-refractivity contribution is -0.0749. The SMILES string of the molecule is C.OCC1CC2CCCC(O)(C1)C2. The molecule has 2 heteroatoms. The summed E-state index contributed by atoms with van der Waals surface area (Å²) in [4.78, 5) is 0. The Morgan fingerprint density at radius 1 is 1.31 bits per heavy atom. The molecule has 2 saturated carbocycles. The molecule has 2 fully saturated rings. The van der Waals surface area contributed by atoms with E-state index < -0.39 is 5.60 Å². The van der Waals surface area contributed by atoms with E-state index in [4.69, 9.17) is 5.11 Å². The van der Waals surface area contributed by atoms with Crippen molar-refractivity contribution in [3.05, 3.63) is 0 Å². The van der Waals surface area contributed by atoms with E-state index >= 15 is 0 Å². The van der Waals surface area contributed by atoms with Gasteiger partial charge in [0, 0.05) is 6.61 Å². The average molecular weight is 186 g/mol. The predicted molar refractivity (Wildman–Crippen MR) is 53.4 cm³/mol. The van der Waals surface area contributed by atoms with Crippen LogP contribution in [0, 0.1) is 11.8 Å². The summed E-state index contributed by atoms with van der Waals surface area (Å²) in [7, 11) is 0. The van der Waals surface area contributed by atoms with Crippen LogP contribution in [0.2, 0.25) is 0 Å². The fraction of sp³-hybridized carbons (Fsp3) is 1.00. The van der Waals surface area contributed by atoms with Crippen molar-refractivity contribution in [2.45, 2.75) is 51.6 Å². The molecule has 3 unspecified atom stereocenters. The van der Waals surface area contributed by atoms with E-state index in [1.807, 2.05) is 0 Å². The third-order valence-corrected chi connectivity index (χ3v) is 3.52. The molecule has 2 N–H and O–H groups in total. The minimum absolute atomic E-state index is 0. The van der Waals surface area contributed by atoms with Crippen LogP contribution in [0.15, 0.2) is 0 Å². The van der Waals surface area contributed by atoms with Gasteiger partial charge in [-0.1, -0.05) is 20.3 Å². The van der Waals surface area contributed by atoms with E-state index in [0.717, 1.165) is 25.7 Å². The Morgan fingerprint density at radius 2 is 2.08 bits per heavy atom. The minimum atomic E-state index is -0.408. The van der Waals surface area contributed by atoms with Crippen molar-refractivity contribution in [3.8, 4) is 0 Å². The van der Waals surface area contributed by atoms with Crippen molar-refractivity contribution in [1.82, 2.24) is 0 Å². The summed E-state index contributed by atoms with van der Waals surface area (Å²) in [6, 6.07) is 0. The highest BCUT2D eigenvalue weighted by Crippen LogP contribution is 2.44. The maximum atomic E-state index is 10.1. The Labute approximate surface area is 81.0 Å². The molecule has 0 aromatic rings. The van der Waals surface area contributed by atoms with E-state index in [-0.39, 0.29) is 14.0 Å². The standard InChI is InChI=1S/C10H18O2.CH4/c11-7-9-4-8-2-1-3-10(12,5-8)6-9;/h8-9,11-12H,1-7H2;1H4. The molecule has 0 saturated heterocycles. The summed E-state index contributed by atoms with van der Waals surface area (Å²) >= 11 is 0. The maximum Gasteiger partial charge on any atom is 0.0654 e. The minimum Gasteiger partial charge on any atom is -0.396 e. The number of aliphatic hydroxyl groups is 2. The smallest absolute Gasteiger partial charge is 0.0654 e. The van der Waals surface area contributed by atoms with Crippen LogP contribution in [0.25, 0.3) is 0 Å². The van der Waals surface area contributed by atoms with Crippen molar-refractivity contribution in [2.24, 2.45) is 11.8 Å². The Kier molecular flexibility index (Phi) is 3.36. The molecule has 0 radical (unpaired) electrons. The zero-order chi connectivity index (χ0) is 8.60. The fourth-order valence-electron chi connectivity index (χ4n) is 3.08. The molecule has 78 valence electrons. The second kappa shape index (κ2) is 3.97. The highest BCUT2D eigenvalue weighted by Gasteiger charge is 2.41. The fourth-order valence-corrected chi connectivity index (χ4v) is 3.08. The number of rotatable bonds is 1. The van der Waals surface area contributed by atoms with E-state index in [0.29, 0.717) is 11.8 Å². The topological polar surface area (TPSA) is 40.5 Å². The lowest BCUT2D eigenvalue weighted by Gasteiger charge is -2.44. The van der Waals surface area contributed by atoms with E-state index in [1.165, 1.54) is 12.8 Å². The molecule has 0 heterocycles. The van der Waals surface area contributed by atoms with E-state index in [2.05, 4.69) is 0 Å². The first kappa shape index (κ1) is 11.0. The number of fused-ring (bicyclic) bond motifs is 2. The monoisotopic (exact) mass is 186 g/mol. The lowest BCUT2D eigenvalue weighted by Crippen LogP contribution is -2.43. The van der Waals surface area contributed by atoms with Gasteiger partial charge in [-0.2, -0.15) is 0 Å². The van der Waals surface area contributed by atoms with Crippen LogP contribution >= 0.6 is 0 Å². The molecule has 3 atom stereocenters. The molecule has 2 aliphatic rings. The zero-order valence-corrected chi connectivity index (χ0v) is 7.50. The van der Waals surface area contributed by atoms with Crippen molar-refractivity contribution < 1.29 is 10.2 Å². The highest BCUT2D eigenvalue weighted by atomic mass is 16.3. The first-order chi connectivity index (χ1) is 5.72. The Hall–Kier alpha value is -0.0800. The molecule has 2 nitrogen and oxygen atoms in total. The van der Waals surface area contributed by atoms with Crippen molar-refractivity contribution >= 4 is 0 Å². The van der Waals surface area contributed by atoms with Crippen LogP contribution in [-0.2, 0) is 0 Å². The molecule has 0 aromatic heterocycles. The Bertz CT molecular complexity index is 169. The maximum absolute atomic E-state index is 10.1. The first-order valence-electron chi connectivity index (χ1n) is 5.05. The van der Waals surface area contributed by atoms with Crippen LogP contribution in [0.1, 0.15) is 46.0 Å². The summed E-state index contributed by atoms with van der Waals surface area (Å²) < 4.78 is 0. The van der Waals surface area contributed by atoms with Crippen LogP contribution in [0.3, 0.4) is 0 Å². The van der Waals surface area contributed by atoms with Gasteiger partial charge < -0.3 is 10.2 Å². The lowest BCUT2D eigenvalue weighted by atomic mass is 9.65. The first-order valence-corrected chi connectivity index (χ1v) is 5.05. The van der Waals surface area contributed by atoms with Gasteiger partial charge in [0.05, 0.1) is 5.60 Å². The summed E-state index contributed by atoms with van der Waals surface area (Å²) in [5, 5.41) is 19.1. The van der Waals surface area contributed by atoms with Crippen molar-refractivity contribution in [3.63, 3.8) is 0 Å². The Morgan fingerprint density at radius 3 is 2.69 bits per heavy atom. The normalized spacial score (nSPS) is 43.8. The number of hydrogen-bond donors (Lipinski definition) is 2. The summed E-state index contributed by atoms with van der Waals surface area (Å²) in [6.07, 6.45) is 6.36. The molecule has 2 rings (SSSR count). The largest absolute Gasteiger partial charge is 0.396 e. The molecule has 0 amide bonds. The molecule has 2 aliphatic carbocycles. The third-order valence-electron chi connectivity index (χ3n) is 3.52. The average Bonchev–Trinajstić information content (AvgIpc) is 2.02. The van der Waals surface area contributed by atoms with E-state index in [9.17, 15) is 5.11 Å². The molecule has 0 aliphatic heterocycles.